The Morgan fingerprint density at radius 3 is 2.40 bits per heavy atom. The molecule has 106 valence electrons. The maximum Gasteiger partial charge on any atom is 0.330 e. The molecule has 0 bridgehead atoms. The highest BCUT2D eigenvalue weighted by molar-refractivity contribution is 6.14. The van der Waals surface area contributed by atoms with Crippen LogP contribution in [0.15, 0.2) is 42.5 Å². The van der Waals surface area contributed by atoms with E-state index in [9.17, 15) is 14.4 Å². The Balaban J connectivity index is 2.72. The number of para-hydroxylation sites is 1. The number of carbonyl (C=O) groups is 3. The van der Waals surface area contributed by atoms with Crippen LogP contribution >= 0.6 is 0 Å². The predicted octanol–water partition coefficient (Wildman–Crippen LogP) is 2.08. The Morgan fingerprint density at radius 1 is 1.20 bits per heavy atom. The Morgan fingerprint density at radius 2 is 1.85 bits per heavy atom. The molecule has 0 spiro atoms. The van der Waals surface area contributed by atoms with Crippen LogP contribution in [0.25, 0.3) is 0 Å². The second-order valence-corrected chi connectivity index (χ2v) is 3.94. The fourth-order valence-electron chi connectivity index (χ4n) is 1.62. The van der Waals surface area contributed by atoms with Crippen LogP contribution in [0, 0.1) is 0 Å². The molecule has 0 aliphatic carbocycles. The average molecular weight is 275 g/mol. The van der Waals surface area contributed by atoms with Gasteiger partial charge in [0.2, 0.25) is 11.8 Å². The molecule has 1 aromatic carbocycles. The molecule has 0 radical (unpaired) electrons. The van der Waals surface area contributed by atoms with Gasteiger partial charge in [-0.2, -0.15) is 0 Å². The van der Waals surface area contributed by atoms with Gasteiger partial charge in [0.1, 0.15) is 0 Å². The summed E-state index contributed by atoms with van der Waals surface area (Å²) in [6, 6.07) is 8.63. The van der Waals surface area contributed by atoms with E-state index >= 15 is 0 Å². The first-order valence-corrected chi connectivity index (χ1v) is 6.28. The van der Waals surface area contributed by atoms with Crippen LogP contribution in [0.2, 0.25) is 0 Å². The molecule has 0 aromatic heterocycles. The van der Waals surface area contributed by atoms with Crippen molar-refractivity contribution in [3.05, 3.63) is 42.5 Å². The minimum absolute atomic E-state index is 0.0483. The van der Waals surface area contributed by atoms with Crippen molar-refractivity contribution in [3.8, 4) is 0 Å². The van der Waals surface area contributed by atoms with Gasteiger partial charge in [-0.15, -0.1) is 0 Å². The molecule has 0 atom stereocenters. The van der Waals surface area contributed by atoms with Crippen molar-refractivity contribution in [3.63, 3.8) is 0 Å². The number of hydrogen-bond acceptors (Lipinski definition) is 4. The highest BCUT2D eigenvalue weighted by atomic mass is 16.5. The number of esters is 1. The van der Waals surface area contributed by atoms with Crippen molar-refractivity contribution in [2.45, 2.75) is 20.3 Å². The first-order chi connectivity index (χ1) is 9.56. The van der Waals surface area contributed by atoms with E-state index < -0.39 is 11.9 Å². The summed E-state index contributed by atoms with van der Waals surface area (Å²) in [5.41, 5.74) is 0.509. The van der Waals surface area contributed by atoms with Gasteiger partial charge < -0.3 is 4.74 Å². The van der Waals surface area contributed by atoms with Crippen molar-refractivity contribution in [1.29, 1.82) is 0 Å². The molecule has 0 unspecified atom stereocenters. The van der Waals surface area contributed by atoms with Gasteiger partial charge >= 0.3 is 5.97 Å². The Hall–Kier alpha value is -2.43. The molecular formula is C15H17NO4. The quantitative estimate of drug-likeness (QED) is 0.609. The van der Waals surface area contributed by atoms with Gasteiger partial charge in [0.25, 0.3) is 0 Å². The highest BCUT2D eigenvalue weighted by Crippen LogP contribution is 2.14. The number of hydrogen-bond donors (Lipinski definition) is 0. The third kappa shape index (κ3) is 4.68. The fourth-order valence-corrected chi connectivity index (χ4v) is 1.62. The largest absolute Gasteiger partial charge is 0.463 e. The lowest BCUT2D eigenvalue weighted by molar-refractivity contribution is -0.137. The van der Waals surface area contributed by atoms with Crippen LogP contribution in [0.5, 0.6) is 0 Å². The Kier molecular flexibility index (Phi) is 6.16. The summed E-state index contributed by atoms with van der Waals surface area (Å²) < 4.78 is 4.70. The molecule has 20 heavy (non-hydrogen) atoms. The molecule has 1 aromatic rings. The number of rotatable bonds is 5. The summed E-state index contributed by atoms with van der Waals surface area (Å²) in [6.07, 6.45) is 2.53. The first kappa shape index (κ1) is 15.6. The van der Waals surface area contributed by atoms with Crippen LogP contribution in [0.1, 0.15) is 20.3 Å². The van der Waals surface area contributed by atoms with Crippen molar-refractivity contribution in [2.75, 3.05) is 11.5 Å². The van der Waals surface area contributed by atoms with Crippen LogP contribution < -0.4 is 4.90 Å². The minimum atomic E-state index is -0.505. The summed E-state index contributed by atoms with van der Waals surface area (Å²) in [5.74, 6) is -1.27. The topological polar surface area (TPSA) is 63.7 Å². The lowest BCUT2D eigenvalue weighted by Crippen LogP contribution is -2.34. The fraction of sp³-hybridized carbons (Fsp3) is 0.267. The number of nitrogens with zero attached hydrogens (tertiary/aromatic N) is 1. The molecule has 5 heteroatoms. The number of amides is 2. The van der Waals surface area contributed by atoms with Crippen molar-refractivity contribution >= 4 is 23.5 Å². The Labute approximate surface area is 117 Å². The number of anilines is 1. The van der Waals surface area contributed by atoms with Gasteiger partial charge in [-0.05, 0) is 19.1 Å². The molecular weight excluding hydrogens is 258 g/mol. The van der Waals surface area contributed by atoms with Gasteiger partial charge in [-0.1, -0.05) is 24.3 Å². The lowest BCUT2D eigenvalue weighted by atomic mass is 10.2. The summed E-state index contributed by atoms with van der Waals surface area (Å²) in [7, 11) is 0. The SMILES string of the molecule is CCOC(=O)/C=C/CC(=O)N(C(C)=O)c1ccccc1. The van der Waals surface area contributed by atoms with Crippen LogP contribution in [-0.2, 0) is 19.1 Å². The van der Waals surface area contributed by atoms with Gasteiger partial charge in [0.05, 0.1) is 12.3 Å². The summed E-state index contributed by atoms with van der Waals surface area (Å²) >= 11 is 0. The normalized spacial score (nSPS) is 10.3. The molecule has 0 fully saturated rings. The lowest BCUT2D eigenvalue weighted by Gasteiger charge is -2.18. The number of carbonyl (C=O) groups excluding carboxylic acids is 3. The number of benzene rings is 1. The molecule has 0 heterocycles. The maximum absolute atomic E-state index is 12.0. The first-order valence-electron chi connectivity index (χ1n) is 6.28. The van der Waals surface area contributed by atoms with E-state index in [1.807, 2.05) is 0 Å². The zero-order valence-corrected chi connectivity index (χ0v) is 11.5. The smallest absolute Gasteiger partial charge is 0.330 e. The average Bonchev–Trinajstić information content (AvgIpc) is 2.40. The minimum Gasteiger partial charge on any atom is -0.463 e. The molecule has 5 nitrogen and oxygen atoms in total. The maximum atomic E-state index is 12.0. The van der Waals surface area contributed by atoms with Crippen molar-refractivity contribution < 1.29 is 19.1 Å². The molecule has 1 rings (SSSR count). The third-order valence-corrected chi connectivity index (χ3v) is 2.41. The molecule has 0 N–H and O–H groups in total. The molecule has 2 amide bonds. The van der Waals surface area contributed by atoms with E-state index in [4.69, 9.17) is 4.74 Å². The van der Waals surface area contributed by atoms with Crippen molar-refractivity contribution in [2.24, 2.45) is 0 Å². The predicted molar refractivity (Wildman–Crippen MR) is 75.0 cm³/mol. The van der Waals surface area contributed by atoms with Gasteiger partial charge in [-0.3, -0.25) is 14.5 Å². The Bertz CT molecular complexity index is 508. The standard InChI is InChI=1S/C15H17NO4/c1-3-20-15(19)11-7-10-14(18)16(12(2)17)13-8-5-4-6-9-13/h4-9,11H,3,10H2,1-2H3/b11-7+. The van der Waals surface area contributed by atoms with Crippen LogP contribution in [0.4, 0.5) is 5.69 Å². The van der Waals surface area contributed by atoms with E-state index in [0.717, 1.165) is 4.90 Å². The molecule has 0 aliphatic heterocycles. The second kappa shape index (κ2) is 7.89. The summed E-state index contributed by atoms with van der Waals surface area (Å²) in [6.45, 7) is 3.30. The number of imide groups is 1. The number of ether oxygens (including phenoxy) is 1. The molecule has 0 saturated heterocycles. The van der Waals surface area contributed by atoms with E-state index in [1.54, 1.807) is 37.3 Å². The monoisotopic (exact) mass is 275 g/mol. The zero-order chi connectivity index (χ0) is 15.0. The van der Waals surface area contributed by atoms with Gasteiger partial charge in [0, 0.05) is 19.4 Å². The summed E-state index contributed by atoms with van der Waals surface area (Å²) in [5, 5.41) is 0. The highest BCUT2D eigenvalue weighted by Gasteiger charge is 2.18. The van der Waals surface area contributed by atoms with E-state index in [-0.39, 0.29) is 18.9 Å². The molecule has 0 aliphatic rings. The zero-order valence-electron chi connectivity index (χ0n) is 11.5. The van der Waals surface area contributed by atoms with E-state index in [2.05, 4.69) is 0 Å². The molecule has 0 saturated carbocycles. The second-order valence-electron chi connectivity index (χ2n) is 3.94. The van der Waals surface area contributed by atoms with Crippen LogP contribution in [0.3, 0.4) is 0 Å². The summed E-state index contributed by atoms with van der Waals surface area (Å²) in [4.78, 5) is 35.8. The van der Waals surface area contributed by atoms with Crippen LogP contribution in [-0.4, -0.2) is 24.4 Å². The van der Waals surface area contributed by atoms with Gasteiger partial charge in [0.15, 0.2) is 0 Å². The van der Waals surface area contributed by atoms with E-state index in [1.165, 1.54) is 19.1 Å². The third-order valence-electron chi connectivity index (χ3n) is 2.41. The van der Waals surface area contributed by atoms with Gasteiger partial charge in [-0.25, -0.2) is 4.79 Å². The van der Waals surface area contributed by atoms with E-state index in [0.29, 0.717) is 5.69 Å². The van der Waals surface area contributed by atoms with Crippen molar-refractivity contribution in [1.82, 2.24) is 0 Å².